The Bertz CT molecular complexity index is 578. The van der Waals surface area contributed by atoms with Gasteiger partial charge in [-0.3, -0.25) is 0 Å². The predicted molar refractivity (Wildman–Crippen MR) is 73.3 cm³/mol. The molecule has 2 rings (SSSR count). The van der Waals surface area contributed by atoms with Gasteiger partial charge in [0.15, 0.2) is 0 Å². The molecule has 0 fully saturated rings. The molecule has 6 heteroatoms. The Morgan fingerprint density at radius 1 is 1.21 bits per heavy atom. The lowest BCUT2D eigenvalue weighted by molar-refractivity contribution is 0.206. The van der Waals surface area contributed by atoms with Gasteiger partial charge >= 0.3 is 0 Å². The first-order chi connectivity index (χ1) is 9.17. The highest BCUT2D eigenvalue weighted by Gasteiger charge is 2.20. The highest BCUT2D eigenvalue weighted by Crippen LogP contribution is 2.31. The lowest BCUT2D eigenvalue weighted by Crippen LogP contribution is -2.07. The topological polar surface area (TPSA) is 64.5 Å². The van der Waals surface area contributed by atoms with E-state index < -0.39 is 6.10 Å². The fourth-order valence-electron chi connectivity index (χ4n) is 1.65. The van der Waals surface area contributed by atoms with Gasteiger partial charge in [-0.25, -0.2) is 4.98 Å². The summed E-state index contributed by atoms with van der Waals surface area (Å²) in [6, 6.07) is 7.37. The molecule has 1 unspecified atom stereocenters. The van der Waals surface area contributed by atoms with Crippen LogP contribution in [0.15, 0.2) is 34.9 Å². The molecule has 0 saturated heterocycles. The molecule has 1 N–H and O–H groups in total. The monoisotopic (exact) mass is 324 g/mol. The van der Waals surface area contributed by atoms with E-state index in [1.807, 2.05) is 18.2 Å². The van der Waals surface area contributed by atoms with Crippen LogP contribution in [-0.4, -0.2) is 29.3 Å². The third-order valence-electron chi connectivity index (χ3n) is 2.61. The van der Waals surface area contributed by atoms with Crippen molar-refractivity contribution in [2.24, 2.45) is 0 Å². The van der Waals surface area contributed by atoms with Gasteiger partial charge in [-0.2, -0.15) is 4.98 Å². The van der Waals surface area contributed by atoms with Crippen LogP contribution in [-0.2, 0) is 0 Å². The van der Waals surface area contributed by atoms with Crippen molar-refractivity contribution >= 4 is 15.9 Å². The fraction of sp³-hybridized carbons (Fsp3) is 0.231. The van der Waals surface area contributed by atoms with Gasteiger partial charge in [0.2, 0.25) is 11.8 Å². The number of hydrogen-bond acceptors (Lipinski definition) is 5. The minimum absolute atomic E-state index is 0.239. The largest absolute Gasteiger partial charge is 0.480 e. The van der Waals surface area contributed by atoms with Gasteiger partial charge in [0.25, 0.3) is 0 Å². The van der Waals surface area contributed by atoms with Crippen molar-refractivity contribution in [1.82, 2.24) is 9.97 Å². The summed E-state index contributed by atoms with van der Waals surface area (Å²) in [6.07, 6.45) is 0.515. The number of aliphatic hydroxyl groups is 1. The number of aromatic nitrogens is 2. The molecule has 2 aromatic rings. The Morgan fingerprint density at radius 3 is 2.58 bits per heavy atom. The standard InChI is InChI=1S/C13H13BrN2O3/c1-18-10-7-15-11(13(16-10)19-2)12(17)8-5-3-4-6-9(8)14/h3-7,12,17H,1-2H3. The van der Waals surface area contributed by atoms with Crippen molar-refractivity contribution in [3.63, 3.8) is 0 Å². The van der Waals surface area contributed by atoms with Crippen LogP contribution in [0.4, 0.5) is 0 Å². The van der Waals surface area contributed by atoms with Crippen molar-refractivity contribution < 1.29 is 14.6 Å². The van der Waals surface area contributed by atoms with Crippen molar-refractivity contribution in [2.75, 3.05) is 14.2 Å². The average Bonchev–Trinajstić information content (AvgIpc) is 2.46. The summed E-state index contributed by atoms with van der Waals surface area (Å²) < 4.78 is 10.9. The van der Waals surface area contributed by atoms with Crippen LogP contribution in [0.25, 0.3) is 0 Å². The van der Waals surface area contributed by atoms with Crippen LogP contribution in [0.2, 0.25) is 0 Å². The molecule has 1 heterocycles. The number of hydrogen-bond donors (Lipinski definition) is 1. The van der Waals surface area contributed by atoms with Crippen LogP contribution in [0.5, 0.6) is 11.8 Å². The molecule has 19 heavy (non-hydrogen) atoms. The van der Waals surface area contributed by atoms with Gasteiger partial charge in [-0.05, 0) is 6.07 Å². The lowest BCUT2D eigenvalue weighted by Gasteiger charge is -2.15. The van der Waals surface area contributed by atoms with Gasteiger partial charge in [0.05, 0.1) is 20.4 Å². The first kappa shape index (κ1) is 13.8. The van der Waals surface area contributed by atoms with Crippen LogP contribution >= 0.6 is 15.9 Å². The molecule has 100 valence electrons. The molecule has 1 aromatic carbocycles. The summed E-state index contributed by atoms with van der Waals surface area (Å²) in [4.78, 5) is 8.26. The molecule has 5 nitrogen and oxygen atoms in total. The van der Waals surface area contributed by atoms with Gasteiger partial charge in [-0.1, -0.05) is 34.1 Å². The highest BCUT2D eigenvalue weighted by atomic mass is 79.9. The van der Waals surface area contributed by atoms with Crippen LogP contribution in [0.3, 0.4) is 0 Å². The van der Waals surface area contributed by atoms with E-state index >= 15 is 0 Å². The second kappa shape index (κ2) is 5.99. The molecule has 0 spiro atoms. The molecule has 0 radical (unpaired) electrons. The average molecular weight is 325 g/mol. The van der Waals surface area contributed by atoms with Crippen LogP contribution in [0.1, 0.15) is 17.4 Å². The Hall–Kier alpha value is -1.66. The quantitative estimate of drug-likeness (QED) is 0.935. The van der Waals surface area contributed by atoms with E-state index in [0.29, 0.717) is 17.1 Å². The molecular weight excluding hydrogens is 312 g/mol. The van der Waals surface area contributed by atoms with Crippen LogP contribution in [0, 0.1) is 0 Å². The summed E-state index contributed by atoms with van der Waals surface area (Å²) >= 11 is 3.40. The zero-order chi connectivity index (χ0) is 13.8. The summed E-state index contributed by atoms with van der Waals surface area (Å²) in [5, 5.41) is 10.4. The smallest absolute Gasteiger partial charge is 0.241 e. The van der Waals surface area contributed by atoms with Crippen molar-refractivity contribution in [3.05, 3.63) is 46.2 Å². The fourth-order valence-corrected chi connectivity index (χ4v) is 2.15. The van der Waals surface area contributed by atoms with Gasteiger partial charge in [-0.15, -0.1) is 0 Å². The minimum atomic E-state index is -0.927. The van der Waals surface area contributed by atoms with Crippen molar-refractivity contribution in [2.45, 2.75) is 6.10 Å². The van der Waals surface area contributed by atoms with Gasteiger partial charge in [0.1, 0.15) is 11.8 Å². The van der Waals surface area contributed by atoms with E-state index in [-0.39, 0.29) is 5.88 Å². The molecule has 0 bridgehead atoms. The number of methoxy groups -OCH3 is 2. The molecule has 0 aliphatic carbocycles. The zero-order valence-corrected chi connectivity index (χ0v) is 12.1. The first-order valence-corrected chi connectivity index (χ1v) is 6.34. The predicted octanol–water partition coefficient (Wildman–Crippen LogP) is 2.34. The minimum Gasteiger partial charge on any atom is -0.480 e. The van der Waals surface area contributed by atoms with Crippen LogP contribution < -0.4 is 9.47 Å². The number of aliphatic hydroxyl groups excluding tert-OH is 1. The second-order valence-corrected chi connectivity index (χ2v) is 4.59. The normalized spacial score (nSPS) is 12.0. The summed E-state index contributed by atoms with van der Waals surface area (Å²) in [7, 11) is 2.97. The molecular formula is C13H13BrN2O3. The molecule has 1 atom stereocenters. The van der Waals surface area contributed by atoms with Crippen molar-refractivity contribution in [1.29, 1.82) is 0 Å². The molecule has 0 saturated carbocycles. The maximum atomic E-state index is 10.4. The third-order valence-corrected chi connectivity index (χ3v) is 3.33. The maximum absolute atomic E-state index is 10.4. The molecule has 1 aromatic heterocycles. The Balaban J connectivity index is 2.44. The number of nitrogens with zero attached hydrogens (tertiary/aromatic N) is 2. The van der Waals surface area contributed by atoms with E-state index in [2.05, 4.69) is 25.9 Å². The Morgan fingerprint density at radius 2 is 1.95 bits per heavy atom. The summed E-state index contributed by atoms with van der Waals surface area (Å²) in [5.41, 5.74) is 1.04. The highest BCUT2D eigenvalue weighted by molar-refractivity contribution is 9.10. The Kier molecular flexibility index (Phi) is 4.34. The number of ether oxygens (including phenoxy) is 2. The Labute approximate surface area is 119 Å². The second-order valence-electron chi connectivity index (χ2n) is 3.73. The van der Waals surface area contributed by atoms with Gasteiger partial charge < -0.3 is 14.6 Å². The first-order valence-electron chi connectivity index (χ1n) is 5.54. The molecule has 0 aliphatic heterocycles. The maximum Gasteiger partial charge on any atom is 0.241 e. The number of rotatable bonds is 4. The molecule has 0 aliphatic rings. The van der Waals surface area contributed by atoms with Gasteiger partial charge in [0, 0.05) is 10.0 Å². The zero-order valence-electron chi connectivity index (χ0n) is 10.5. The van der Waals surface area contributed by atoms with Crippen molar-refractivity contribution in [3.8, 4) is 11.8 Å². The van der Waals surface area contributed by atoms with E-state index in [9.17, 15) is 5.11 Å². The third kappa shape index (κ3) is 2.85. The van der Waals surface area contributed by atoms with E-state index in [0.717, 1.165) is 4.47 Å². The van der Waals surface area contributed by atoms with E-state index in [1.165, 1.54) is 20.4 Å². The van der Waals surface area contributed by atoms with E-state index in [1.54, 1.807) is 6.07 Å². The number of benzene rings is 1. The number of halogens is 1. The summed E-state index contributed by atoms with van der Waals surface area (Å²) in [6.45, 7) is 0. The van der Waals surface area contributed by atoms with E-state index in [4.69, 9.17) is 9.47 Å². The molecule has 0 amide bonds. The lowest BCUT2D eigenvalue weighted by atomic mass is 10.1. The SMILES string of the molecule is COc1cnc(C(O)c2ccccc2Br)c(OC)n1. The summed E-state index contributed by atoms with van der Waals surface area (Å²) in [5.74, 6) is 0.572.